The summed E-state index contributed by atoms with van der Waals surface area (Å²) in [6.45, 7) is -0.826. The van der Waals surface area contributed by atoms with Crippen LogP contribution in [0.5, 0.6) is 0 Å². The predicted molar refractivity (Wildman–Crippen MR) is 73.5 cm³/mol. The first-order valence-corrected chi connectivity index (χ1v) is 7.06. The average Bonchev–Trinajstić information content (AvgIpc) is 2.52. The highest BCUT2D eigenvalue weighted by Gasteiger charge is 2.47. The molecule has 2 atom stereocenters. The van der Waals surface area contributed by atoms with Gasteiger partial charge >= 0.3 is 18.2 Å². The third-order valence-electron chi connectivity index (χ3n) is 3.77. The van der Waals surface area contributed by atoms with Gasteiger partial charge in [-0.05, 0) is 18.4 Å². The fraction of sp³-hybridized carbons (Fsp3) is 0.467. The van der Waals surface area contributed by atoms with Crippen molar-refractivity contribution in [2.24, 2.45) is 5.92 Å². The van der Waals surface area contributed by atoms with Crippen LogP contribution in [0.15, 0.2) is 30.3 Å². The van der Waals surface area contributed by atoms with Crippen LogP contribution in [0.1, 0.15) is 18.4 Å². The molecular weight excluding hydrogens is 315 g/mol. The van der Waals surface area contributed by atoms with Crippen LogP contribution < -0.4 is 0 Å². The molecule has 2 rings (SSSR count). The van der Waals surface area contributed by atoms with Crippen molar-refractivity contribution < 1.29 is 32.6 Å². The second kappa shape index (κ2) is 6.89. The summed E-state index contributed by atoms with van der Waals surface area (Å²) in [5, 5.41) is 9.10. The van der Waals surface area contributed by atoms with E-state index < -0.39 is 36.7 Å². The van der Waals surface area contributed by atoms with Gasteiger partial charge < -0.3 is 9.84 Å². The molecule has 1 N–H and O–H groups in total. The lowest BCUT2D eigenvalue weighted by Crippen LogP contribution is -2.53. The van der Waals surface area contributed by atoms with Crippen molar-refractivity contribution in [3.8, 4) is 0 Å². The van der Waals surface area contributed by atoms with E-state index in [4.69, 9.17) is 9.84 Å². The van der Waals surface area contributed by atoms with E-state index in [-0.39, 0.29) is 19.4 Å². The van der Waals surface area contributed by atoms with E-state index in [1.54, 1.807) is 30.3 Å². The quantitative estimate of drug-likeness (QED) is 0.924. The number of carbonyl (C=O) groups is 2. The van der Waals surface area contributed by atoms with Gasteiger partial charge in [0.1, 0.15) is 12.6 Å². The van der Waals surface area contributed by atoms with Gasteiger partial charge in [-0.25, -0.2) is 9.59 Å². The zero-order chi connectivity index (χ0) is 17.0. The van der Waals surface area contributed by atoms with Crippen LogP contribution in [0.25, 0.3) is 0 Å². The molecule has 1 aromatic rings. The number of alkyl halides is 3. The van der Waals surface area contributed by atoms with Crippen molar-refractivity contribution in [1.29, 1.82) is 0 Å². The van der Waals surface area contributed by atoms with Crippen molar-refractivity contribution >= 4 is 12.1 Å². The van der Waals surface area contributed by atoms with Crippen LogP contribution in [0.3, 0.4) is 0 Å². The Labute approximate surface area is 130 Å². The lowest BCUT2D eigenvalue weighted by atomic mass is 9.92. The van der Waals surface area contributed by atoms with Crippen LogP contribution in [-0.4, -0.2) is 40.8 Å². The van der Waals surface area contributed by atoms with E-state index in [9.17, 15) is 22.8 Å². The number of likely N-dealkylation sites (tertiary alicyclic amines) is 1. The van der Waals surface area contributed by atoms with Gasteiger partial charge in [0.25, 0.3) is 0 Å². The summed E-state index contributed by atoms with van der Waals surface area (Å²) < 4.78 is 43.5. The largest absolute Gasteiger partial charge is 0.480 e. The van der Waals surface area contributed by atoms with E-state index in [0.29, 0.717) is 10.5 Å². The van der Waals surface area contributed by atoms with E-state index in [0.717, 1.165) is 0 Å². The number of carbonyl (C=O) groups excluding carboxylic acids is 1. The smallest absolute Gasteiger partial charge is 0.410 e. The van der Waals surface area contributed by atoms with Gasteiger partial charge in [-0.3, -0.25) is 4.90 Å². The van der Waals surface area contributed by atoms with Gasteiger partial charge in [-0.15, -0.1) is 0 Å². The Balaban J connectivity index is 2.05. The number of rotatable bonds is 3. The molecule has 0 bridgehead atoms. The van der Waals surface area contributed by atoms with Gasteiger partial charge in [0.2, 0.25) is 0 Å². The third-order valence-corrected chi connectivity index (χ3v) is 3.77. The number of carboxylic acids is 1. The molecule has 0 spiro atoms. The Hall–Kier alpha value is -2.25. The van der Waals surface area contributed by atoms with Crippen molar-refractivity contribution in [2.45, 2.75) is 31.7 Å². The first kappa shape index (κ1) is 17.1. The number of hydrogen-bond acceptors (Lipinski definition) is 3. The zero-order valence-electron chi connectivity index (χ0n) is 12.1. The minimum Gasteiger partial charge on any atom is -0.480 e. The van der Waals surface area contributed by atoms with Crippen molar-refractivity contribution in [3.63, 3.8) is 0 Å². The molecular formula is C15H16F3NO4. The van der Waals surface area contributed by atoms with E-state index in [1.807, 2.05) is 0 Å². The molecule has 126 valence electrons. The second-order valence-corrected chi connectivity index (χ2v) is 5.36. The number of carboxylic acid groups (broad SMARTS) is 1. The Bertz CT molecular complexity index is 562. The van der Waals surface area contributed by atoms with E-state index >= 15 is 0 Å². The van der Waals surface area contributed by atoms with Gasteiger partial charge in [-0.1, -0.05) is 30.3 Å². The standard InChI is InChI=1S/C15H16F3NO4/c16-15(17,18)11-6-7-12(13(20)21)19(8-11)14(22)23-9-10-4-2-1-3-5-10/h1-5,11-12H,6-9H2,(H,20,21). The Morgan fingerprint density at radius 3 is 2.43 bits per heavy atom. The summed E-state index contributed by atoms with van der Waals surface area (Å²) in [4.78, 5) is 23.9. The molecule has 23 heavy (non-hydrogen) atoms. The second-order valence-electron chi connectivity index (χ2n) is 5.36. The van der Waals surface area contributed by atoms with Gasteiger partial charge in [0.05, 0.1) is 5.92 Å². The number of ether oxygens (including phenoxy) is 1. The number of nitrogens with zero attached hydrogens (tertiary/aromatic N) is 1. The van der Waals surface area contributed by atoms with Crippen molar-refractivity contribution in [3.05, 3.63) is 35.9 Å². The van der Waals surface area contributed by atoms with Crippen LogP contribution in [0.4, 0.5) is 18.0 Å². The molecule has 8 heteroatoms. The SMILES string of the molecule is O=C(O)C1CCC(C(F)(F)F)CN1C(=O)OCc1ccccc1. The minimum atomic E-state index is -4.47. The minimum absolute atomic E-state index is 0.126. The molecule has 1 aliphatic rings. The topological polar surface area (TPSA) is 66.8 Å². The zero-order valence-corrected chi connectivity index (χ0v) is 12.1. The molecule has 0 aromatic heterocycles. The van der Waals surface area contributed by atoms with Crippen LogP contribution in [0.2, 0.25) is 0 Å². The average molecular weight is 331 g/mol. The molecule has 0 radical (unpaired) electrons. The molecule has 1 heterocycles. The first-order chi connectivity index (χ1) is 10.8. The summed E-state index contributed by atoms with van der Waals surface area (Å²) in [6.07, 6.45) is -6.08. The number of halogens is 3. The normalized spacial score (nSPS) is 21.8. The molecule has 1 aliphatic heterocycles. The maximum atomic E-state index is 12.8. The summed E-state index contributed by atoms with van der Waals surface area (Å²) in [5.41, 5.74) is 0.664. The predicted octanol–water partition coefficient (Wildman–Crippen LogP) is 3.05. The number of benzene rings is 1. The molecule has 1 amide bonds. The Morgan fingerprint density at radius 1 is 1.22 bits per heavy atom. The molecule has 0 saturated carbocycles. The number of hydrogen-bond donors (Lipinski definition) is 1. The number of piperidine rings is 1. The summed E-state index contributed by atoms with van der Waals surface area (Å²) >= 11 is 0. The van der Waals surface area contributed by atoms with Gasteiger partial charge in [-0.2, -0.15) is 13.2 Å². The molecule has 0 aliphatic carbocycles. The highest BCUT2D eigenvalue weighted by atomic mass is 19.4. The molecule has 1 aromatic carbocycles. The molecule has 1 saturated heterocycles. The van der Waals surface area contributed by atoms with Crippen LogP contribution in [0, 0.1) is 5.92 Å². The molecule has 1 fully saturated rings. The highest BCUT2D eigenvalue weighted by molar-refractivity contribution is 5.80. The van der Waals surface area contributed by atoms with Crippen LogP contribution >= 0.6 is 0 Å². The molecule has 2 unspecified atom stereocenters. The highest BCUT2D eigenvalue weighted by Crippen LogP contribution is 2.35. The van der Waals surface area contributed by atoms with E-state index in [2.05, 4.69) is 0 Å². The maximum Gasteiger partial charge on any atom is 0.410 e. The van der Waals surface area contributed by atoms with Crippen molar-refractivity contribution in [1.82, 2.24) is 4.90 Å². The van der Waals surface area contributed by atoms with Crippen molar-refractivity contribution in [2.75, 3.05) is 6.54 Å². The monoisotopic (exact) mass is 331 g/mol. The summed E-state index contributed by atoms with van der Waals surface area (Å²) in [7, 11) is 0. The fourth-order valence-electron chi connectivity index (χ4n) is 2.50. The van der Waals surface area contributed by atoms with Gasteiger partial charge in [0.15, 0.2) is 0 Å². The van der Waals surface area contributed by atoms with Crippen LogP contribution in [-0.2, 0) is 16.1 Å². The first-order valence-electron chi connectivity index (χ1n) is 7.06. The lowest BCUT2D eigenvalue weighted by molar-refractivity contribution is -0.191. The third kappa shape index (κ3) is 4.37. The molecule has 5 nitrogen and oxygen atoms in total. The fourth-order valence-corrected chi connectivity index (χ4v) is 2.50. The summed E-state index contributed by atoms with van der Waals surface area (Å²) in [5.74, 6) is -3.07. The maximum absolute atomic E-state index is 12.8. The lowest BCUT2D eigenvalue weighted by Gasteiger charge is -2.37. The Morgan fingerprint density at radius 2 is 1.87 bits per heavy atom. The Kier molecular flexibility index (Phi) is 5.12. The number of amides is 1. The van der Waals surface area contributed by atoms with Gasteiger partial charge in [0, 0.05) is 6.54 Å². The number of aliphatic carboxylic acids is 1. The summed E-state index contributed by atoms with van der Waals surface area (Å²) in [6, 6.07) is 7.31. The van der Waals surface area contributed by atoms with E-state index in [1.165, 1.54) is 0 Å².